The van der Waals surface area contributed by atoms with Crippen molar-refractivity contribution in [1.82, 2.24) is 9.88 Å². The van der Waals surface area contributed by atoms with Crippen LogP contribution in [0.1, 0.15) is 52.7 Å². The number of hydrogen-bond acceptors (Lipinski definition) is 3. The molecule has 3 unspecified atom stereocenters. The summed E-state index contributed by atoms with van der Waals surface area (Å²) in [4.78, 5) is 19.1. The van der Waals surface area contributed by atoms with E-state index >= 15 is 0 Å². The highest BCUT2D eigenvalue weighted by Crippen LogP contribution is 2.49. The molecule has 4 heteroatoms. The number of aromatic nitrogens is 1. The third kappa shape index (κ3) is 2.52. The smallest absolute Gasteiger partial charge is 0.253 e. The van der Waals surface area contributed by atoms with Crippen molar-refractivity contribution in [2.75, 3.05) is 18.4 Å². The fourth-order valence-electron chi connectivity index (χ4n) is 4.72. The number of rotatable bonds is 2. The number of carbonyl (C=O) groups excluding carboxylic acids is 1. The summed E-state index contributed by atoms with van der Waals surface area (Å²) in [6, 6.07) is 10.6. The molecular weight excluding hydrogens is 322 g/mol. The van der Waals surface area contributed by atoms with E-state index in [1.165, 1.54) is 11.1 Å². The van der Waals surface area contributed by atoms with Crippen molar-refractivity contribution in [2.24, 2.45) is 5.92 Å². The van der Waals surface area contributed by atoms with Gasteiger partial charge in [-0.15, -0.1) is 0 Å². The fourth-order valence-corrected chi connectivity index (χ4v) is 4.72. The van der Waals surface area contributed by atoms with E-state index in [4.69, 9.17) is 0 Å². The Kier molecular flexibility index (Phi) is 3.77. The normalized spacial score (nSPS) is 26.3. The molecule has 0 saturated carbocycles. The third-order valence-corrected chi connectivity index (χ3v) is 6.05. The number of amides is 1. The Morgan fingerprint density at radius 1 is 1.19 bits per heavy atom. The maximum Gasteiger partial charge on any atom is 0.253 e. The Hall–Kier alpha value is -2.62. The lowest BCUT2D eigenvalue weighted by atomic mass is 9.77. The van der Waals surface area contributed by atoms with Crippen LogP contribution < -0.4 is 5.32 Å². The average molecular weight is 345 g/mol. The van der Waals surface area contributed by atoms with Crippen LogP contribution in [-0.4, -0.2) is 28.9 Å². The van der Waals surface area contributed by atoms with Crippen molar-refractivity contribution in [3.05, 3.63) is 71.6 Å². The van der Waals surface area contributed by atoms with Crippen molar-refractivity contribution in [2.45, 2.75) is 31.2 Å². The van der Waals surface area contributed by atoms with Crippen LogP contribution in [0.4, 0.5) is 5.69 Å². The lowest BCUT2D eigenvalue weighted by Crippen LogP contribution is -2.30. The molecule has 1 aromatic carbocycles. The van der Waals surface area contributed by atoms with Crippen LogP contribution in [0.25, 0.3) is 0 Å². The largest absolute Gasteiger partial charge is 0.378 e. The van der Waals surface area contributed by atoms with Crippen molar-refractivity contribution in [3.63, 3.8) is 0 Å². The minimum Gasteiger partial charge on any atom is -0.378 e. The Morgan fingerprint density at radius 2 is 2.08 bits per heavy atom. The maximum atomic E-state index is 12.8. The van der Waals surface area contributed by atoms with Crippen LogP contribution in [0.3, 0.4) is 0 Å². The Bertz CT molecular complexity index is 855. The molecule has 4 nitrogen and oxygen atoms in total. The average Bonchev–Trinajstić information content (AvgIpc) is 3.39. The molecule has 3 atom stereocenters. The first kappa shape index (κ1) is 15.6. The molecule has 1 amide bonds. The minimum atomic E-state index is 0.179. The number of fused-ring (bicyclic) bond motifs is 3. The zero-order chi connectivity index (χ0) is 17.5. The van der Waals surface area contributed by atoms with Gasteiger partial charge in [0.25, 0.3) is 5.91 Å². The Labute approximate surface area is 153 Å². The lowest BCUT2D eigenvalue weighted by molar-refractivity contribution is 0.0792. The Morgan fingerprint density at radius 3 is 2.88 bits per heavy atom. The highest BCUT2D eigenvalue weighted by molar-refractivity contribution is 5.95. The molecule has 0 spiro atoms. The monoisotopic (exact) mass is 345 g/mol. The molecule has 3 aliphatic rings. The summed E-state index contributed by atoms with van der Waals surface area (Å²) in [5.41, 5.74) is 4.46. The first-order valence-corrected chi connectivity index (χ1v) is 9.57. The summed E-state index contributed by atoms with van der Waals surface area (Å²) in [5.74, 6) is 1.02. The quantitative estimate of drug-likeness (QED) is 0.832. The minimum absolute atomic E-state index is 0.179. The van der Waals surface area contributed by atoms with Gasteiger partial charge in [0.05, 0.1) is 6.04 Å². The summed E-state index contributed by atoms with van der Waals surface area (Å²) in [7, 11) is 0. The molecule has 5 rings (SSSR count). The molecular formula is C22H23N3O. The van der Waals surface area contributed by atoms with Crippen LogP contribution in [0.2, 0.25) is 0 Å². The summed E-state index contributed by atoms with van der Waals surface area (Å²) in [6.45, 7) is 1.78. The van der Waals surface area contributed by atoms with Crippen molar-refractivity contribution >= 4 is 11.6 Å². The number of nitrogens with one attached hydrogen (secondary N) is 1. The van der Waals surface area contributed by atoms with E-state index in [2.05, 4.69) is 40.7 Å². The highest BCUT2D eigenvalue weighted by atomic mass is 16.2. The van der Waals surface area contributed by atoms with Crippen molar-refractivity contribution < 1.29 is 4.79 Å². The maximum absolute atomic E-state index is 12.8. The Balaban J connectivity index is 1.50. The zero-order valence-electron chi connectivity index (χ0n) is 14.8. The van der Waals surface area contributed by atoms with Gasteiger partial charge in [-0.2, -0.15) is 0 Å². The van der Waals surface area contributed by atoms with E-state index in [1.807, 2.05) is 29.4 Å². The van der Waals surface area contributed by atoms with E-state index in [0.717, 1.165) is 43.6 Å². The number of benzene rings is 1. The van der Waals surface area contributed by atoms with Gasteiger partial charge in [0, 0.05) is 42.7 Å². The van der Waals surface area contributed by atoms with Crippen LogP contribution in [0, 0.1) is 5.92 Å². The molecule has 1 N–H and O–H groups in total. The topological polar surface area (TPSA) is 45.2 Å². The molecule has 2 aliphatic heterocycles. The molecule has 26 heavy (non-hydrogen) atoms. The number of allylic oxidation sites excluding steroid dienone is 2. The SMILES string of the molecule is O=C(c1ccc2c(c1)C1C=CCC1C(c1cccnc1)N2)N1CCCC1. The molecule has 3 heterocycles. The van der Waals surface area contributed by atoms with Gasteiger partial charge in [-0.25, -0.2) is 0 Å². The van der Waals surface area contributed by atoms with Crippen molar-refractivity contribution in [1.29, 1.82) is 0 Å². The second-order valence-corrected chi connectivity index (χ2v) is 7.56. The van der Waals surface area contributed by atoms with E-state index in [-0.39, 0.29) is 11.9 Å². The van der Waals surface area contributed by atoms with Crippen LogP contribution >= 0.6 is 0 Å². The molecule has 132 valence electrons. The lowest BCUT2D eigenvalue weighted by Gasteiger charge is -2.37. The first-order chi connectivity index (χ1) is 12.8. The van der Waals surface area contributed by atoms with Gasteiger partial charge in [-0.05, 0) is 60.6 Å². The number of pyridine rings is 1. The van der Waals surface area contributed by atoms with Gasteiger partial charge in [0.2, 0.25) is 0 Å². The molecule has 0 radical (unpaired) electrons. The first-order valence-electron chi connectivity index (χ1n) is 9.57. The van der Waals surface area contributed by atoms with Gasteiger partial charge in [-0.1, -0.05) is 18.2 Å². The standard InChI is InChI=1S/C22H23N3O/c26-22(25-11-1-2-12-25)15-8-9-20-19(13-15)17-6-3-7-18(17)21(24-20)16-5-4-10-23-14-16/h3-6,8-10,13-14,17-18,21,24H,1-2,7,11-12H2. The second-order valence-electron chi connectivity index (χ2n) is 7.56. The third-order valence-electron chi connectivity index (χ3n) is 6.05. The van der Waals surface area contributed by atoms with E-state index in [0.29, 0.717) is 11.8 Å². The van der Waals surface area contributed by atoms with Gasteiger partial charge < -0.3 is 10.2 Å². The molecule has 1 fully saturated rings. The van der Waals surface area contributed by atoms with Gasteiger partial charge in [0.15, 0.2) is 0 Å². The van der Waals surface area contributed by atoms with Gasteiger partial charge in [0.1, 0.15) is 0 Å². The molecule has 0 bridgehead atoms. The number of carbonyl (C=O) groups is 1. The van der Waals surface area contributed by atoms with Gasteiger partial charge in [-0.3, -0.25) is 9.78 Å². The van der Waals surface area contributed by atoms with Crippen LogP contribution in [0.5, 0.6) is 0 Å². The molecule has 2 aromatic rings. The highest BCUT2D eigenvalue weighted by Gasteiger charge is 2.38. The molecule has 1 aromatic heterocycles. The fraction of sp³-hybridized carbons (Fsp3) is 0.364. The molecule has 1 saturated heterocycles. The summed E-state index contributed by atoms with van der Waals surface area (Å²) < 4.78 is 0. The zero-order valence-corrected chi connectivity index (χ0v) is 14.8. The molecule has 1 aliphatic carbocycles. The number of nitrogens with zero attached hydrogens (tertiary/aromatic N) is 2. The predicted molar refractivity (Wildman–Crippen MR) is 102 cm³/mol. The number of anilines is 1. The van der Waals surface area contributed by atoms with Crippen LogP contribution in [-0.2, 0) is 0 Å². The predicted octanol–water partition coefficient (Wildman–Crippen LogP) is 4.14. The van der Waals surface area contributed by atoms with Gasteiger partial charge >= 0.3 is 0 Å². The van der Waals surface area contributed by atoms with E-state index < -0.39 is 0 Å². The summed E-state index contributed by atoms with van der Waals surface area (Å²) >= 11 is 0. The van der Waals surface area contributed by atoms with Crippen molar-refractivity contribution in [3.8, 4) is 0 Å². The number of hydrogen-bond donors (Lipinski definition) is 1. The van der Waals surface area contributed by atoms with E-state index in [1.54, 1.807) is 0 Å². The summed E-state index contributed by atoms with van der Waals surface area (Å²) in [6.07, 6.45) is 11.7. The summed E-state index contributed by atoms with van der Waals surface area (Å²) in [5, 5.41) is 3.72. The number of likely N-dealkylation sites (tertiary alicyclic amines) is 1. The second kappa shape index (κ2) is 6.27. The van der Waals surface area contributed by atoms with Crippen LogP contribution in [0.15, 0.2) is 54.9 Å². The van der Waals surface area contributed by atoms with E-state index in [9.17, 15) is 4.79 Å².